The van der Waals surface area contributed by atoms with Crippen LogP contribution in [-0.4, -0.2) is 53.9 Å². The minimum Gasteiger partial charge on any atom is -0.460 e. The fourth-order valence-electron chi connectivity index (χ4n) is 4.92. The third kappa shape index (κ3) is 8.96. The van der Waals surface area contributed by atoms with E-state index < -0.39 is 47.0 Å². The number of hydrogen-bond donors (Lipinski definition) is 0. The third-order valence-electron chi connectivity index (χ3n) is 7.30. The van der Waals surface area contributed by atoms with Crippen molar-refractivity contribution >= 4 is 24.3 Å². The number of halogens is 7. The lowest BCUT2D eigenvalue weighted by atomic mass is 9.97. The van der Waals surface area contributed by atoms with E-state index in [0.717, 1.165) is 22.3 Å². The van der Waals surface area contributed by atoms with Crippen molar-refractivity contribution in [1.82, 2.24) is 9.80 Å². The first-order valence-electron chi connectivity index (χ1n) is 13.3. The smallest absolute Gasteiger partial charge is 0.416 e. The number of benzene rings is 3. The number of alkyl halides is 6. The first-order chi connectivity index (χ1) is 19.7. The summed E-state index contributed by atoms with van der Waals surface area (Å²) in [6.45, 7) is 4.20. The Bertz CT molecular complexity index is 1400. The van der Waals surface area contributed by atoms with Crippen LogP contribution < -0.4 is 0 Å². The fourth-order valence-corrected chi connectivity index (χ4v) is 4.92. The molecule has 0 aliphatic carbocycles. The van der Waals surface area contributed by atoms with Gasteiger partial charge >= 0.3 is 18.3 Å². The van der Waals surface area contributed by atoms with Gasteiger partial charge in [-0.05, 0) is 60.7 Å². The van der Waals surface area contributed by atoms with Crippen molar-refractivity contribution in [2.45, 2.75) is 45.3 Å². The number of piperazine rings is 1. The topological polar surface area (TPSA) is 49.9 Å². The van der Waals surface area contributed by atoms with Crippen LogP contribution in [0.3, 0.4) is 0 Å². The second-order valence-electron chi connectivity index (χ2n) is 10.5. The summed E-state index contributed by atoms with van der Waals surface area (Å²) in [6, 6.07) is 15.1. The third-order valence-corrected chi connectivity index (χ3v) is 7.30. The SMILES string of the molecule is Cc1ccc(C[C@@H]2CN(CC(=O)OCc3ccccc3)CCN2C(=O)c2cc(C(F)(F)F)cc(C(F)(F)F)c2)cc1C.Cl. The van der Waals surface area contributed by atoms with E-state index >= 15 is 0 Å². The second kappa shape index (κ2) is 13.8. The van der Waals surface area contributed by atoms with Gasteiger partial charge in [0.15, 0.2) is 0 Å². The molecule has 5 nitrogen and oxygen atoms in total. The predicted molar refractivity (Wildman–Crippen MR) is 151 cm³/mol. The van der Waals surface area contributed by atoms with Crippen LogP contribution in [0.5, 0.6) is 0 Å². The molecule has 12 heteroatoms. The van der Waals surface area contributed by atoms with Gasteiger partial charge in [0, 0.05) is 31.2 Å². The average molecular weight is 629 g/mol. The van der Waals surface area contributed by atoms with Crippen molar-refractivity contribution in [2.75, 3.05) is 26.2 Å². The molecule has 1 aliphatic heterocycles. The van der Waals surface area contributed by atoms with Crippen molar-refractivity contribution in [3.8, 4) is 0 Å². The molecule has 3 aromatic rings. The molecule has 0 radical (unpaired) electrons. The molecule has 4 rings (SSSR count). The first-order valence-corrected chi connectivity index (χ1v) is 13.3. The number of ether oxygens (including phenoxy) is 1. The molecule has 3 aromatic carbocycles. The Labute approximate surface area is 251 Å². The van der Waals surface area contributed by atoms with Crippen LogP contribution in [0.4, 0.5) is 26.3 Å². The molecule has 232 valence electrons. The molecule has 1 amide bonds. The van der Waals surface area contributed by atoms with Gasteiger partial charge in [0.1, 0.15) is 6.61 Å². The van der Waals surface area contributed by atoms with Crippen molar-refractivity contribution in [2.24, 2.45) is 0 Å². The molecule has 0 aromatic heterocycles. The molecular formula is C31H31ClF6N2O3. The molecular weight excluding hydrogens is 598 g/mol. The summed E-state index contributed by atoms with van der Waals surface area (Å²) >= 11 is 0. The highest BCUT2D eigenvalue weighted by atomic mass is 35.5. The number of hydrogen-bond acceptors (Lipinski definition) is 4. The first kappa shape index (κ1) is 33.9. The molecule has 1 saturated heterocycles. The van der Waals surface area contributed by atoms with Crippen LogP contribution in [0, 0.1) is 13.8 Å². The highest BCUT2D eigenvalue weighted by Gasteiger charge is 2.39. The largest absolute Gasteiger partial charge is 0.460 e. The maximum absolute atomic E-state index is 13.5. The molecule has 1 heterocycles. The monoisotopic (exact) mass is 628 g/mol. The molecule has 1 fully saturated rings. The van der Waals surface area contributed by atoms with Gasteiger partial charge in [0.05, 0.1) is 17.7 Å². The number of carbonyl (C=O) groups is 2. The summed E-state index contributed by atoms with van der Waals surface area (Å²) < 4.78 is 86.2. The minimum absolute atomic E-state index is 0. The molecule has 0 unspecified atom stereocenters. The Kier molecular flexibility index (Phi) is 10.9. The van der Waals surface area contributed by atoms with Crippen LogP contribution in [0.1, 0.15) is 43.7 Å². The summed E-state index contributed by atoms with van der Waals surface area (Å²) in [5.41, 5.74) is -0.102. The maximum atomic E-state index is 13.5. The summed E-state index contributed by atoms with van der Waals surface area (Å²) in [4.78, 5) is 29.2. The molecule has 0 spiro atoms. The van der Waals surface area contributed by atoms with Crippen LogP contribution >= 0.6 is 12.4 Å². The van der Waals surface area contributed by atoms with Crippen LogP contribution in [0.25, 0.3) is 0 Å². The van der Waals surface area contributed by atoms with E-state index in [9.17, 15) is 35.9 Å². The number of aryl methyl sites for hydroxylation is 2. The molecule has 43 heavy (non-hydrogen) atoms. The second-order valence-corrected chi connectivity index (χ2v) is 10.5. The molecule has 1 aliphatic rings. The molecule has 0 bridgehead atoms. The van der Waals surface area contributed by atoms with Gasteiger partial charge in [-0.3, -0.25) is 14.5 Å². The normalized spacial score (nSPS) is 16.0. The standard InChI is InChI=1S/C31H30F6N2O3.ClH/c1-20-8-9-23(12-21(20)2)13-27-17-38(18-28(40)42-19-22-6-4-3-5-7-22)10-11-39(27)29(41)24-14-25(30(32,33)34)16-26(15-24)31(35,36)37;/h3-9,12,14-16,27H,10-11,13,17-19H2,1-2H3;1H/t27-;/m1./s1. The van der Waals surface area contributed by atoms with E-state index in [4.69, 9.17) is 4.74 Å². The van der Waals surface area contributed by atoms with Gasteiger partial charge in [0.25, 0.3) is 5.91 Å². The Balaban J connectivity index is 0.00000506. The van der Waals surface area contributed by atoms with Gasteiger partial charge in [-0.25, -0.2) is 0 Å². The van der Waals surface area contributed by atoms with E-state index in [-0.39, 0.29) is 57.7 Å². The van der Waals surface area contributed by atoms with Crippen LogP contribution in [0.15, 0.2) is 66.7 Å². The maximum Gasteiger partial charge on any atom is 0.416 e. The van der Waals surface area contributed by atoms with Gasteiger partial charge in [-0.1, -0.05) is 48.5 Å². The van der Waals surface area contributed by atoms with Gasteiger partial charge in [-0.2, -0.15) is 26.3 Å². The zero-order chi connectivity index (χ0) is 30.7. The van der Waals surface area contributed by atoms with Gasteiger partial charge in [-0.15, -0.1) is 12.4 Å². The summed E-state index contributed by atoms with van der Waals surface area (Å²) in [5.74, 6) is -1.43. The van der Waals surface area contributed by atoms with Gasteiger partial charge < -0.3 is 9.64 Å². The molecule has 0 N–H and O–H groups in total. The highest BCUT2D eigenvalue weighted by molar-refractivity contribution is 5.95. The van der Waals surface area contributed by atoms with Crippen molar-refractivity contribution in [3.05, 3.63) is 106 Å². The Morgan fingerprint density at radius 1 is 0.814 bits per heavy atom. The fraction of sp³-hybridized carbons (Fsp3) is 0.355. The van der Waals surface area contributed by atoms with Gasteiger partial charge in [0.2, 0.25) is 0 Å². The predicted octanol–water partition coefficient (Wildman–Crippen LogP) is 6.88. The number of rotatable bonds is 7. The minimum atomic E-state index is -5.08. The van der Waals surface area contributed by atoms with Crippen molar-refractivity contribution < 1.29 is 40.7 Å². The Morgan fingerprint density at radius 2 is 1.44 bits per heavy atom. The summed E-state index contributed by atoms with van der Waals surface area (Å²) in [5, 5.41) is 0. The Morgan fingerprint density at radius 3 is 2.02 bits per heavy atom. The number of carbonyl (C=O) groups excluding carboxylic acids is 2. The van der Waals surface area contributed by atoms with E-state index in [2.05, 4.69) is 0 Å². The van der Waals surface area contributed by atoms with E-state index in [1.165, 1.54) is 4.90 Å². The van der Waals surface area contributed by atoms with Crippen LogP contribution in [0.2, 0.25) is 0 Å². The summed E-state index contributed by atoms with van der Waals surface area (Å²) in [7, 11) is 0. The quantitative estimate of drug-likeness (QED) is 0.212. The zero-order valence-electron chi connectivity index (χ0n) is 23.5. The summed E-state index contributed by atoms with van der Waals surface area (Å²) in [6.07, 6.45) is -9.87. The Hall–Kier alpha value is -3.57. The average Bonchev–Trinajstić information content (AvgIpc) is 2.93. The van der Waals surface area contributed by atoms with E-state index in [0.29, 0.717) is 12.1 Å². The lowest BCUT2D eigenvalue weighted by Crippen LogP contribution is -2.56. The number of nitrogens with zero attached hydrogens (tertiary/aromatic N) is 2. The number of amides is 1. The lowest BCUT2D eigenvalue weighted by molar-refractivity contribution is -0.147. The van der Waals surface area contributed by atoms with Crippen molar-refractivity contribution in [1.29, 1.82) is 0 Å². The van der Waals surface area contributed by atoms with Crippen molar-refractivity contribution in [3.63, 3.8) is 0 Å². The van der Waals surface area contributed by atoms with E-state index in [1.54, 1.807) is 4.90 Å². The van der Waals surface area contributed by atoms with Crippen LogP contribution in [-0.2, 0) is 34.9 Å². The number of esters is 1. The highest BCUT2D eigenvalue weighted by Crippen LogP contribution is 2.37. The molecule has 1 atom stereocenters. The zero-order valence-corrected chi connectivity index (χ0v) is 24.3. The molecule has 0 saturated carbocycles. The lowest BCUT2D eigenvalue weighted by Gasteiger charge is -2.41. The van der Waals surface area contributed by atoms with E-state index in [1.807, 2.05) is 62.4 Å².